The van der Waals surface area contributed by atoms with Crippen LogP contribution >= 0.6 is 11.3 Å². The van der Waals surface area contributed by atoms with Crippen LogP contribution in [0.2, 0.25) is 0 Å². The second kappa shape index (κ2) is 10.0. The summed E-state index contributed by atoms with van der Waals surface area (Å²) < 4.78 is 33.8. The van der Waals surface area contributed by atoms with E-state index in [1.54, 1.807) is 6.07 Å². The van der Waals surface area contributed by atoms with Crippen molar-refractivity contribution in [1.29, 1.82) is 0 Å². The molecule has 1 saturated heterocycles. The van der Waals surface area contributed by atoms with Crippen LogP contribution in [0.15, 0.2) is 23.2 Å². The number of rotatable bonds is 7. The molecule has 170 valence electrons. The molecule has 0 saturated carbocycles. The monoisotopic (exact) mass is 468 g/mol. The number of benzene rings is 1. The van der Waals surface area contributed by atoms with Gasteiger partial charge in [-0.1, -0.05) is 17.8 Å². The molecular formula is C20H28N4O5S2. The SMILES string of the molecule is CCOCCn1c(=NC(=O)C2CCCCN2S(C)(=O)=O)sc2cc(NC(C)=O)ccc21. The van der Waals surface area contributed by atoms with Gasteiger partial charge >= 0.3 is 0 Å². The number of fused-ring (bicyclic) bond motifs is 1. The van der Waals surface area contributed by atoms with E-state index in [0.717, 1.165) is 29.3 Å². The van der Waals surface area contributed by atoms with Gasteiger partial charge in [-0.05, 0) is 38.0 Å². The first-order chi connectivity index (χ1) is 14.7. The third-order valence-corrected chi connectivity index (χ3v) is 7.37. The predicted molar refractivity (Wildman–Crippen MR) is 120 cm³/mol. The molecule has 1 aromatic carbocycles. The zero-order valence-electron chi connectivity index (χ0n) is 18.0. The van der Waals surface area contributed by atoms with Crippen LogP contribution in [0, 0.1) is 0 Å². The molecule has 2 heterocycles. The first-order valence-corrected chi connectivity index (χ1v) is 12.9. The lowest BCUT2D eigenvalue weighted by atomic mass is 10.0. The summed E-state index contributed by atoms with van der Waals surface area (Å²) in [5.74, 6) is -0.623. The molecule has 1 unspecified atom stereocenters. The van der Waals surface area contributed by atoms with Crippen LogP contribution < -0.4 is 10.1 Å². The summed E-state index contributed by atoms with van der Waals surface area (Å²) >= 11 is 1.32. The van der Waals surface area contributed by atoms with Crippen molar-refractivity contribution in [3.63, 3.8) is 0 Å². The van der Waals surface area contributed by atoms with Crippen LogP contribution in [-0.4, -0.2) is 61.2 Å². The molecule has 1 atom stereocenters. The Morgan fingerprint density at radius 2 is 2.10 bits per heavy atom. The average molecular weight is 469 g/mol. The van der Waals surface area contributed by atoms with E-state index in [4.69, 9.17) is 4.74 Å². The summed E-state index contributed by atoms with van der Waals surface area (Å²) in [6, 6.07) is 4.73. The van der Waals surface area contributed by atoms with Crippen LogP contribution in [0.3, 0.4) is 0 Å². The third-order valence-electron chi connectivity index (χ3n) is 5.04. The quantitative estimate of drug-likeness (QED) is 0.625. The fraction of sp³-hybridized carbons (Fsp3) is 0.550. The van der Waals surface area contributed by atoms with E-state index >= 15 is 0 Å². The lowest BCUT2D eigenvalue weighted by Gasteiger charge is -2.31. The summed E-state index contributed by atoms with van der Waals surface area (Å²) in [5.41, 5.74) is 1.53. The van der Waals surface area contributed by atoms with E-state index in [-0.39, 0.29) is 5.91 Å². The standard InChI is InChI=1S/C20H28N4O5S2/c1-4-29-12-11-23-16-9-8-15(21-14(2)25)13-18(16)30-20(23)22-19(26)17-7-5-6-10-24(17)31(3,27)28/h8-9,13,17H,4-7,10-12H2,1-3H3,(H,21,25). The number of hydrogen-bond acceptors (Lipinski definition) is 6. The number of aromatic nitrogens is 1. The molecule has 0 spiro atoms. The highest BCUT2D eigenvalue weighted by molar-refractivity contribution is 7.88. The van der Waals surface area contributed by atoms with E-state index in [1.807, 2.05) is 23.6 Å². The van der Waals surface area contributed by atoms with Gasteiger partial charge in [-0.15, -0.1) is 0 Å². The number of ether oxygens (including phenoxy) is 1. The molecule has 1 aliphatic heterocycles. The van der Waals surface area contributed by atoms with Gasteiger partial charge in [0.2, 0.25) is 15.9 Å². The van der Waals surface area contributed by atoms with Crippen molar-refractivity contribution in [1.82, 2.24) is 8.87 Å². The summed E-state index contributed by atoms with van der Waals surface area (Å²) in [5, 5.41) is 2.76. The smallest absolute Gasteiger partial charge is 0.266 e. The second-order valence-electron chi connectivity index (χ2n) is 7.43. The minimum absolute atomic E-state index is 0.168. The number of sulfonamides is 1. The Balaban J connectivity index is 2.03. The Hall–Kier alpha value is -2.08. The molecule has 31 heavy (non-hydrogen) atoms. The normalized spacial score (nSPS) is 18.4. The van der Waals surface area contributed by atoms with Crippen molar-refractivity contribution >= 4 is 49.1 Å². The zero-order valence-corrected chi connectivity index (χ0v) is 19.6. The molecular weight excluding hydrogens is 440 g/mol. The molecule has 1 aromatic heterocycles. The molecule has 1 fully saturated rings. The number of carbonyl (C=O) groups is 2. The maximum absolute atomic E-state index is 13.0. The molecule has 2 aromatic rings. The van der Waals surface area contributed by atoms with E-state index in [9.17, 15) is 18.0 Å². The molecule has 3 rings (SSSR count). The minimum Gasteiger partial charge on any atom is -0.380 e. The maximum atomic E-state index is 13.0. The van der Waals surface area contributed by atoms with Gasteiger partial charge in [-0.25, -0.2) is 8.42 Å². The first kappa shape index (κ1) is 23.6. The lowest BCUT2D eigenvalue weighted by molar-refractivity contribution is -0.122. The predicted octanol–water partition coefficient (Wildman–Crippen LogP) is 1.94. The largest absolute Gasteiger partial charge is 0.380 e. The summed E-state index contributed by atoms with van der Waals surface area (Å²) in [7, 11) is -3.49. The van der Waals surface area contributed by atoms with Crippen molar-refractivity contribution in [3.05, 3.63) is 23.0 Å². The van der Waals surface area contributed by atoms with E-state index < -0.39 is 22.0 Å². The fourth-order valence-electron chi connectivity index (χ4n) is 3.67. The van der Waals surface area contributed by atoms with Gasteiger partial charge in [-0.3, -0.25) is 9.59 Å². The molecule has 1 N–H and O–H groups in total. The van der Waals surface area contributed by atoms with E-state index in [2.05, 4.69) is 10.3 Å². The Bertz CT molecular complexity index is 1140. The Morgan fingerprint density at radius 1 is 1.32 bits per heavy atom. The van der Waals surface area contributed by atoms with Crippen molar-refractivity contribution in [2.24, 2.45) is 4.99 Å². The fourth-order valence-corrected chi connectivity index (χ4v) is 5.89. The molecule has 0 bridgehead atoms. The number of nitrogens with one attached hydrogen (secondary N) is 1. The highest BCUT2D eigenvalue weighted by atomic mass is 32.2. The number of amides is 2. The van der Waals surface area contributed by atoms with Gasteiger partial charge in [0.15, 0.2) is 4.80 Å². The van der Waals surface area contributed by atoms with Crippen LogP contribution in [0.25, 0.3) is 10.2 Å². The number of anilines is 1. The van der Waals surface area contributed by atoms with Gasteiger partial charge in [0.1, 0.15) is 6.04 Å². The molecule has 11 heteroatoms. The summed E-state index contributed by atoms with van der Waals surface area (Å²) in [6.07, 6.45) is 3.12. The number of thiazole rings is 1. The number of nitrogens with zero attached hydrogens (tertiary/aromatic N) is 3. The van der Waals surface area contributed by atoms with Gasteiger partial charge < -0.3 is 14.6 Å². The van der Waals surface area contributed by atoms with Crippen LogP contribution in [0.5, 0.6) is 0 Å². The lowest BCUT2D eigenvalue weighted by Crippen LogP contribution is -2.47. The van der Waals surface area contributed by atoms with E-state index in [0.29, 0.717) is 43.2 Å². The first-order valence-electron chi connectivity index (χ1n) is 10.2. The zero-order chi connectivity index (χ0) is 22.6. The number of piperidine rings is 1. The van der Waals surface area contributed by atoms with Gasteiger partial charge in [0.05, 0.1) is 23.1 Å². The third kappa shape index (κ3) is 5.79. The number of hydrogen-bond donors (Lipinski definition) is 1. The Morgan fingerprint density at radius 3 is 2.77 bits per heavy atom. The van der Waals surface area contributed by atoms with E-state index in [1.165, 1.54) is 22.6 Å². The number of carbonyl (C=O) groups excluding carboxylic acids is 2. The van der Waals surface area contributed by atoms with Crippen molar-refractivity contribution < 1.29 is 22.7 Å². The summed E-state index contributed by atoms with van der Waals surface area (Å²) in [6.45, 7) is 5.22. The summed E-state index contributed by atoms with van der Waals surface area (Å²) in [4.78, 5) is 29.2. The van der Waals surface area contributed by atoms with Gasteiger partial charge in [0.25, 0.3) is 5.91 Å². The highest BCUT2D eigenvalue weighted by Crippen LogP contribution is 2.23. The Kier molecular flexibility index (Phi) is 7.63. The molecule has 2 amide bonds. The molecule has 1 aliphatic rings. The van der Waals surface area contributed by atoms with Crippen LogP contribution in [-0.2, 0) is 30.9 Å². The van der Waals surface area contributed by atoms with Crippen LogP contribution in [0.1, 0.15) is 33.1 Å². The minimum atomic E-state index is -3.49. The molecule has 0 aliphatic carbocycles. The average Bonchev–Trinajstić information content (AvgIpc) is 3.03. The van der Waals surface area contributed by atoms with Crippen LogP contribution in [0.4, 0.5) is 5.69 Å². The van der Waals surface area contributed by atoms with Crippen molar-refractivity contribution in [2.75, 3.05) is 31.3 Å². The van der Waals surface area contributed by atoms with Gasteiger partial charge in [0, 0.05) is 32.3 Å². The van der Waals surface area contributed by atoms with Crippen molar-refractivity contribution in [3.8, 4) is 0 Å². The van der Waals surface area contributed by atoms with Crippen molar-refractivity contribution in [2.45, 2.75) is 45.7 Å². The second-order valence-corrected chi connectivity index (χ2v) is 10.4. The Labute approximate surface area is 185 Å². The molecule has 9 nitrogen and oxygen atoms in total. The molecule has 0 radical (unpaired) electrons. The topological polar surface area (TPSA) is 110 Å². The highest BCUT2D eigenvalue weighted by Gasteiger charge is 2.34. The van der Waals surface area contributed by atoms with Gasteiger partial charge in [-0.2, -0.15) is 9.30 Å². The maximum Gasteiger partial charge on any atom is 0.266 e.